The van der Waals surface area contributed by atoms with E-state index in [-0.39, 0.29) is 17.7 Å². The third-order valence-corrected chi connectivity index (χ3v) is 4.98. The van der Waals surface area contributed by atoms with Gasteiger partial charge in [-0.3, -0.25) is 9.59 Å². The van der Waals surface area contributed by atoms with Crippen LogP contribution in [0, 0.1) is 12.8 Å². The van der Waals surface area contributed by atoms with Crippen molar-refractivity contribution in [3.05, 3.63) is 40.4 Å². The minimum Gasteiger partial charge on any atom is -0.326 e. The van der Waals surface area contributed by atoms with E-state index in [1.54, 1.807) is 10.3 Å². The topological polar surface area (TPSA) is 62.3 Å². The van der Waals surface area contributed by atoms with Gasteiger partial charge in [0.15, 0.2) is 0 Å². The van der Waals surface area contributed by atoms with Gasteiger partial charge in [-0.15, -0.1) is 0 Å². The number of fused-ring (bicyclic) bond motifs is 1. The molecule has 1 aliphatic heterocycles. The minimum atomic E-state index is -0.0817. The van der Waals surface area contributed by atoms with Crippen LogP contribution in [-0.4, -0.2) is 22.7 Å². The first-order valence-electron chi connectivity index (χ1n) is 8.14. The molecule has 0 aliphatic carbocycles. The SMILES string of the molecule is Cc1nscc1C(=O)N1CCCc2c(NC(=O)C(C)C)cccc21. The fraction of sp³-hybridized carbons (Fsp3) is 0.389. The molecule has 0 atom stereocenters. The van der Waals surface area contributed by atoms with Crippen molar-refractivity contribution in [2.45, 2.75) is 33.6 Å². The summed E-state index contributed by atoms with van der Waals surface area (Å²) < 4.78 is 4.20. The average molecular weight is 343 g/mol. The number of nitrogens with zero attached hydrogens (tertiary/aromatic N) is 2. The fourth-order valence-electron chi connectivity index (χ4n) is 2.87. The van der Waals surface area contributed by atoms with Gasteiger partial charge in [0.2, 0.25) is 5.91 Å². The van der Waals surface area contributed by atoms with Gasteiger partial charge in [0.25, 0.3) is 5.91 Å². The van der Waals surface area contributed by atoms with Gasteiger partial charge < -0.3 is 10.2 Å². The second-order valence-corrected chi connectivity index (χ2v) is 6.95. The van der Waals surface area contributed by atoms with Crippen molar-refractivity contribution in [3.63, 3.8) is 0 Å². The monoisotopic (exact) mass is 343 g/mol. The molecule has 1 N–H and O–H groups in total. The summed E-state index contributed by atoms with van der Waals surface area (Å²) in [5.74, 6) is -0.110. The molecule has 3 rings (SSSR count). The molecule has 0 unspecified atom stereocenters. The summed E-state index contributed by atoms with van der Waals surface area (Å²) in [6.45, 7) is 6.27. The first-order valence-corrected chi connectivity index (χ1v) is 8.98. The van der Waals surface area contributed by atoms with E-state index < -0.39 is 0 Å². The van der Waals surface area contributed by atoms with Crippen LogP contribution in [0.4, 0.5) is 11.4 Å². The van der Waals surface area contributed by atoms with E-state index in [2.05, 4.69) is 9.69 Å². The molecular weight excluding hydrogens is 322 g/mol. The van der Waals surface area contributed by atoms with Crippen LogP contribution in [0.3, 0.4) is 0 Å². The van der Waals surface area contributed by atoms with Crippen molar-refractivity contribution in [2.24, 2.45) is 5.92 Å². The van der Waals surface area contributed by atoms with Gasteiger partial charge in [-0.1, -0.05) is 19.9 Å². The maximum atomic E-state index is 12.9. The average Bonchev–Trinajstić information content (AvgIpc) is 3.00. The summed E-state index contributed by atoms with van der Waals surface area (Å²) in [7, 11) is 0. The Balaban J connectivity index is 1.95. The van der Waals surface area contributed by atoms with Gasteiger partial charge in [-0.25, -0.2) is 0 Å². The summed E-state index contributed by atoms with van der Waals surface area (Å²) in [4.78, 5) is 26.7. The third-order valence-electron chi connectivity index (χ3n) is 4.26. The highest BCUT2D eigenvalue weighted by atomic mass is 32.1. The summed E-state index contributed by atoms with van der Waals surface area (Å²) in [6, 6.07) is 5.75. The first kappa shape index (κ1) is 16.6. The lowest BCUT2D eigenvalue weighted by atomic mass is 9.98. The van der Waals surface area contributed by atoms with E-state index in [9.17, 15) is 9.59 Å². The normalized spacial score (nSPS) is 13.8. The summed E-state index contributed by atoms with van der Waals surface area (Å²) in [6.07, 6.45) is 1.73. The second-order valence-electron chi connectivity index (χ2n) is 6.32. The maximum Gasteiger partial charge on any atom is 0.261 e. The quantitative estimate of drug-likeness (QED) is 0.925. The van der Waals surface area contributed by atoms with Gasteiger partial charge in [0.1, 0.15) is 0 Å². The number of amides is 2. The lowest BCUT2D eigenvalue weighted by molar-refractivity contribution is -0.118. The molecule has 1 aromatic carbocycles. The van der Waals surface area contributed by atoms with E-state index in [1.807, 2.05) is 39.0 Å². The number of hydrogen-bond acceptors (Lipinski definition) is 4. The van der Waals surface area contributed by atoms with Gasteiger partial charge in [0, 0.05) is 29.2 Å². The Hall–Kier alpha value is -2.21. The molecule has 5 nitrogen and oxygen atoms in total. The van der Waals surface area contributed by atoms with E-state index in [0.29, 0.717) is 12.1 Å². The van der Waals surface area contributed by atoms with Crippen molar-refractivity contribution in [1.82, 2.24) is 4.37 Å². The highest BCUT2D eigenvalue weighted by Gasteiger charge is 2.27. The van der Waals surface area contributed by atoms with E-state index in [0.717, 1.165) is 35.5 Å². The molecule has 0 saturated heterocycles. The number of carbonyl (C=O) groups is 2. The number of aromatic nitrogens is 1. The zero-order chi connectivity index (χ0) is 17.3. The highest BCUT2D eigenvalue weighted by Crippen LogP contribution is 2.34. The number of benzene rings is 1. The molecule has 2 aromatic rings. The van der Waals surface area contributed by atoms with Crippen molar-refractivity contribution < 1.29 is 9.59 Å². The molecule has 1 aromatic heterocycles. The van der Waals surface area contributed by atoms with Crippen molar-refractivity contribution in [2.75, 3.05) is 16.8 Å². The molecule has 6 heteroatoms. The molecule has 0 bridgehead atoms. The Morgan fingerprint density at radius 3 is 2.79 bits per heavy atom. The van der Waals surface area contributed by atoms with E-state index in [4.69, 9.17) is 0 Å². The molecule has 2 heterocycles. The number of nitrogens with one attached hydrogen (secondary N) is 1. The molecule has 0 radical (unpaired) electrons. The zero-order valence-electron chi connectivity index (χ0n) is 14.1. The van der Waals surface area contributed by atoms with Gasteiger partial charge in [-0.2, -0.15) is 4.37 Å². The summed E-state index contributed by atoms with van der Waals surface area (Å²) in [5, 5.41) is 4.79. The van der Waals surface area contributed by atoms with Gasteiger partial charge >= 0.3 is 0 Å². The lowest BCUT2D eigenvalue weighted by Gasteiger charge is -2.31. The van der Waals surface area contributed by atoms with Crippen molar-refractivity contribution >= 4 is 34.7 Å². The molecule has 0 saturated carbocycles. The summed E-state index contributed by atoms with van der Waals surface area (Å²) >= 11 is 1.30. The molecular formula is C18H21N3O2S. The van der Waals surface area contributed by atoms with Crippen molar-refractivity contribution in [1.29, 1.82) is 0 Å². The number of rotatable bonds is 3. The van der Waals surface area contributed by atoms with Crippen LogP contribution in [0.15, 0.2) is 23.6 Å². The first-order chi connectivity index (χ1) is 11.5. The largest absolute Gasteiger partial charge is 0.326 e. The van der Waals surface area contributed by atoms with Crippen LogP contribution in [0.5, 0.6) is 0 Å². The van der Waals surface area contributed by atoms with Crippen molar-refractivity contribution in [3.8, 4) is 0 Å². The Morgan fingerprint density at radius 2 is 2.12 bits per heavy atom. The molecule has 24 heavy (non-hydrogen) atoms. The fourth-order valence-corrected chi connectivity index (χ4v) is 3.56. The molecule has 1 aliphatic rings. The lowest BCUT2D eigenvalue weighted by Crippen LogP contribution is -2.36. The number of anilines is 2. The Bertz CT molecular complexity index is 782. The second kappa shape index (κ2) is 6.73. The molecule has 2 amide bonds. The highest BCUT2D eigenvalue weighted by molar-refractivity contribution is 7.04. The molecule has 0 fully saturated rings. The Morgan fingerprint density at radius 1 is 1.33 bits per heavy atom. The maximum absolute atomic E-state index is 12.9. The number of carbonyl (C=O) groups excluding carboxylic acids is 2. The third kappa shape index (κ3) is 3.06. The predicted molar refractivity (Wildman–Crippen MR) is 96.8 cm³/mol. The van der Waals surface area contributed by atoms with Crippen LogP contribution in [0.2, 0.25) is 0 Å². The standard InChI is InChI=1S/C18H21N3O2S/c1-11(2)17(22)19-15-7-4-8-16-13(15)6-5-9-21(16)18(23)14-10-24-20-12(14)3/h4,7-8,10-11H,5-6,9H2,1-3H3,(H,19,22). The molecule has 126 valence electrons. The minimum absolute atomic E-state index is 0.00951. The van der Waals surface area contributed by atoms with Gasteiger partial charge in [0.05, 0.1) is 11.3 Å². The summed E-state index contributed by atoms with van der Waals surface area (Å²) in [5.41, 5.74) is 4.15. The smallest absolute Gasteiger partial charge is 0.261 e. The predicted octanol–water partition coefficient (Wildman–Crippen LogP) is 3.64. The van der Waals surface area contributed by atoms with E-state index >= 15 is 0 Å². The number of hydrogen-bond donors (Lipinski definition) is 1. The Labute approximate surface area is 145 Å². The zero-order valence-corrected chi connectivity index (χ0v) is 14.9. The van der Waals surface area contributed by atoms with Crippen LogP contribution >= 0.6 is 11.5 Å². The van der Waals surface area contributed by atoms with Crippen LogP contribution in [0.25, 0.3) is 0 Å². The van der Waals surface area contributed by atoms with Crippen LogP contribution in [0.1, 0.15) is 41.9 Å². The molecule has 0 spiro atoms. The Kier molecular flexibility index (Phi) is 4.66. The van der Waals surface area contributed by atoms with Gasteiger partial charge in [-0.05, 0) is 49.0 Å². The van der Waals surface area contributed by atoms with Crippen LogP contribution in [-0.2, 0) is 11.2 Å². The number of aryl methyl sites for hydroxylation is 1. The van der Waals surface area contributed by atoms with Crippen LogP contribution < -0.4 is 10.2 Å². The van der Waals surface area contributed by atoms with E-state index in [1.165, 1.54) is 11.5 Å².